The van der Waals surface area contributed by atoms with Gasteiger partial charge in [-0.2, -0.15) is 0 Å². The largest absolute Gasteiger partial charge is 0.386 e. The lowest BCUT2D eigenvalue weighted by Crippen LogP contribution is -2.24. The molecule has 0 aromatic rings. The van der Waals surface area contributed by atoms with Crippen molar-refractivity contribution in [2.24, 2.45) is 0 Å². The van der Waals surface area contributed by atoms with Crippen molar-refractivity contribution in [1.82, 2.24) is 0 Å². The summed E-state index contributed by atoms with van der Waals surface area (Å²) in [6.45, 7) is 2.58. The number of aliphatic hydroxyl groups is 2. The van der Waals surface area contributed by atoms with Crippen LogP contribution < -0.4 is 0 Å². The van der Waals surface area contributed by atoms with Crippen LogP contribution in [0.15, 0.2) is 0 Å². The van der Waals surface area contributed by atoms with E-state index in [0.29, 0.717) is 6.42 Å². The monoisotopic (exact) mass is 184 g/mol. The van der Waals surface area contributed by atoms with Crippen molar-refractivity contribution in [2.75, 3.05) is 6.61 Å². The predicted octanol–water partition coefficient (Wildman–Crippen LogP) is 0.257. The summed E-state index contributed by atoms with van der Waals surface area (Å²) in [7, 11) is -4.28. The zero-order chi connectivity index (χ0) is 9.12. The number of rotatable bonds is 4. The van der Waals surface area contributed by atoms with E-state index in [2.05, 4.69) is 4.52 Å². The first kappa shape index (κ1) is 11.1. The fourth-order valence-electron chi connectivity index (χ4n) is 0.337. The molecule has 0 aliphatic rings. The summed E-state index contributed by atoms with van der Waals surface area (Å²) in [6, 6.07) is 0. The maximum Gasteiger partial charge on any atom is 0.386 e. The van der Waals surface area contributed by atoms with Gasteiger partial charge in [0.25, 0.3) is 5.53 Å². The van der Waals surface area contributed by atoms with Gasteiger partial charge in [-0.1, -0.05) is 6.92 Å². The molecule has 1 atom stereocenters. The quantitative estimate of drug-likeness (QED) is 0.430. The Kier molecular flexibility index (Phi) is 3.67. The van der Waals surface area contributed by atoms with Crippen LogP contribution in [0.3, 0.4) is 0 Å². The van der Waals surface area contributed by atoms with Gasteiger partial charge in [-0.05, 0) is 6.42 Å². The molecular weight excluding hydrogens is 171 g/mol. The van der Waals surface area contributed by atoms with Gasteiger partial charge in [0.1, 0.15) is 0 Å². The molecule has 5 nitrogen and oxygen atoms in total. The van der Waals surface area contributed by atoms with Gasteiger partial charge in [0.05, 0.1) is 6.61 Å². The van der Waals surface area contributed by atoms with Crippen molar-refractivity contribution in [3.05, 3.63) is 0 Å². The molecule has 0 aromatic heterocycles. The first-order valence-electron chi connectivity index (χ1n) is 3.23. The van der Waals surface area contributed by atoms with E-state index >= 15 is 0 Å². The molecule has 0 heterocycles. The maximum atomic E-state index is 10.8. The Morgan fingerprint density at radius 2 is 2.00 bits per heavy atom. The molecule has 0 aliphatic carbocycles. The molecule has 6 heteroatoms. The number of hydrogen-bond acceptors (Lipinski definition) is 4. The first-order valence-corrected chi connectivity index (χ1v) is 4.81. The van der Waals surface area contributed by atoms with Crippen LogP contribution in [-0.4, -0.2) is 27.2 Å². The summed E-state index contributed by atoms with van der Waals surface area (Å²) in [5.41, 5.74) is -2.66. The molecule has 0 rings (SSSR count). The van der Waals surface area contributed by atoms with Gasteiger partial charge < -0.3 is 19.6 Å². The Morgan fingerprint density at radius 3 is 2.27 bits per heavy atom. The molecular formula is C5H13O5P. The van der Waals surface area contributed by atoms with Crippen molar-refractivity contribution in [3.63, 3.8) is 0 Å². The van der Waals surface area contributed by atoms with E-state index in [4.69, 9.17) is 15.1 Å². The lowest BCUT2D eigenvalue weighted by atomic mass is 10.5. The summed E-state index contributed by atoms with van der Waals surface area (Å²) < 4.78 is 15.2. The van der Waals surface area contributed by atoms with Crippen molar-refractivity contribution in [1.29, 1.82) is 0 Å². The summed E-state index contributed by atoms with van der Waals surface area (Å²) in [5, 5.41) is 17.4. The third kappa shape index (κ3) is 3.31. The highest BCUT2D eigenvalue weighted by atomic mass is 31.2. The van der Waals surface area contributed by atoms with Crippen molar-refractivity contribution < 1.29 is 24.2 Å². The molecule has 0 aromatic carbocycles. The zero-order valence-electron chi connectivity index (χ0n) is 6.52. The van der Waals surface area contributed by atoms with Gasteiger partial charge in [0.2, 0.25) is 0 Å². The molecule has 11 heavy (non-hydrogen) atoms. The van der Waals surface area contributed by atoms with Crippen LogP contribution in [0, 0.1) is 0 Å². The molecule has 0 amide bonds. The third-order valence-corrected chi connectivity index (χ3v) is 2.61. The fraction of sp³-hybridized carbons (Fsp3) is 1.00. The van der Waals surface area contributed by atoms with E-state index in [0.717, 1.165) is 6.92 Å². The van der Waals surface area contributed by atoms with Crippen LogP contribution in [0.25, 0.3) is 0 Å². The molecule has 0 aliphatic heterocycles. The van der Waals surface area contributed by atoms with Crippen LogP contribution in [0.5, 0.6) is 0 Å². The summed E-state index contributed by atoms with van der Waals surface area (Å²) in [5.74, 6) is 0. The normalized spacial score (nSPS) is 17.9. The average Bonchev–Trinajstić information content (AvgIpc) is 1.81. The SMILES string of the molecule is CCCOP(=O)(O)C(C)(O)O. The Balaban J connectivity index is 4.12. The van der Waals surface area contributed by atoms with Gasteiger partial charge in [0.15, 0.2) is 0 Å². The Labute approximate surface area is 65.2 Å². The van der Waals surface area contributed by atoms with Gasteiger partial charge >= 0.3 is 7.60 Å². The molecule has 0 spiro atoms. The zero-order valence-corrected chi connectivity index (χ0v) is 7.41. The Morgan fingerprint density at radius 1 is 1.55 bits per heavy atom. The van der Waals surface area contributed by atoms with Crippen LogP contribution in [0.2, 0.25) is 0 Å². The molecule has 0 fully saturated rings. The smallest absolute Gasteiger partial charge is 0.356 e. The molecule has 3 N–H and O–H groups in total. The molecule has 1 unspecified atom stereocenters. The lowest BCUT2D eigenvalue weighted by molar-refractivity contribution is -0.0908. The van der Waals surface area contributed by atoms with E-state index in [9.17, 15) is 4.57 Å². The highest BCUT2D eigenvalue weighted by Crippen LogP contribution is 2.52. The molecule has 0 saturated carbocycles. The summed E-state index contributed by atoms with van der Waals surface area (Å²) >= 11 is 0. The maximum absolute atomic E-state index is 10.8. The Bertz CT molecular complexity index is 161. The third-order valence-electron chi connectivity index (χ3n) is 1.01. The van der Waals surface area contributed by atoms with E-state index < -0.39 is 13.1 Å². The Hall–Kier alpha value is 0.0700. The molecule has 0 saturated heterocycles. The minimum Gasteiger partial charge on any atom is -0.356 e. The van der Waals surface area contributed by atoms with Crippen LogP contribution >= 0.6 is 7.60 Å². The van der Waals surface area contributed by atoms with E-state index in [1.807, 2.05) is 0 Å². The number of hydrogen-bond donors (Lipinski definition) is 3. The fourth-order valence-corrected chi connectivity index (χ4v) is 1.01. The second kappa shape index (κ2) is 3.65. The van der Waals surface area contributed by atoms with E-state index in [1.165, 1.54) is 0 Å². The minimum absolute atomic E-state index is 0.0322. The highest BCUT2D eigenvalue weighted by molar-refractivity contribution is 7.54. The van der Waals surface area contributed by atoms with Gasteiger partial charge in [0, 0.05) is 6.92 Å². The van der Waals surface area contributed by atoms with E-state index in [1.54, 1.807) is 6.92 Å². The lowest BCUT2D eigenvalue weighted by Gasteiger charge is -2.21. The predicted molar refractivity (Wildman–Crippen MR) is 38.9 cm³/mol. The highest BCUT2D eigenvalue weighted by Gasteiger charge is 2.41. The van der Waals surface area contributed by atoms with Gasteiger partial charge in [-0.3, -0.25) is 4.57 Å². The molecule has 0 radical (unpaired) electrons. The first-order chi connectivity index (χ1) is 4.81. The molecule has 68 valence electrons. The van der Waals surface area contributed by atoms with Crippen LogP contribution in [-0.2, 0) is 9.09 Å². The van der Waals surface area contributed by atoms with Gasteiger partial charge in [-0.25, -0.2) is 0 Å². The van der Waals surface area contributed by atoms with Crippen molar-refractivity contribution >= 4 is 7.60 Å². The topological polar surface area (TPSA) is 87.0 Å². The second-order valence-corrected chi connectivity index (χ2v) is 4.47. The van der Waals surface area contributed by atoms with Crippen molar-refractivity contribution in [3.8, 4) is 0 Å². The molecule has 0 bridgehead atoms. The summed E-state index contributed by atoms with van der Waals surface area (Å²) in [4.78, 5) is 8.82. The standard InChI is InChI=1S/C5H13O5P/c1-3-4-10-11(8,9)5(2,6)7/h6-7H,3-4H2,1-2H3,(H,8,9). The average molecular weight is 184 g/mol. The van der Waals surface area contributed by atoms with Crippen LogP contribution in [0.1, 0.15) is 20.3 Å². The van der Waals surface area contributed by atoms with Gasteiger partial charge in [-0.15, -0.1) is 0 Å². The summed E-state index contributed by atoms with van der Waals surface area (Å²) in [6.07, 6.45) is 0.542. The van der Waals surface area contributed by atoms with Crippen molar-refractivity contribution in [2.45, 2.75) is 25.8 Å². The van der Waals surface area contributed by atoms with E-state index in [-0.39, 0.29) is 6.61 Å². The van der Waals surface area contributed by atoms with Crippen LogP contribution in [0.4, 0.5) is 0 Å². The second-order valence-electron chi connectivity index (χ2n) is 2.32. The minimum atomic E-state index is -4.28.